The molecule has 0 saturated heterocycles. The van der Waals surface area contributed by atoms with Crippen LogP contribution >= 0.6 is 0 Å². The van der Waals surface area contributed by atoms with Crippen molar-refractivity contribution in [1.82, 2.24) is 0 Å². The van der Waals surface area contributed by atoms with E-state index in [-0.39, 0.29) is 0 Å². The highest BCUT2D eigenvalue weighted by atomic mass is 16.5. The lowest BCUT2D eigenvalue weighted by Crippen LogP contribution is -1.97. The molecule has 0 heterocycles. The maximum atomic E-state index is 6.17. The number of hydrogen-bond donors (Lipinski definition) is 0. The zero-order chi connectivity index (χ0) is 17.6. The highest BCUT2D eigenvalue weighted by Crippen LogP contribution is 2.28. The third-order valence-electron chi connectivity index (χ3n) is 4.37. The first-order valence-electron chi connectivity index (χ1n) is 8.81. The lowest BCUT2D eigenvalue weighted by Gasteiger charge is -2.11. The van der Waals surface area contributed by atoms with Gasteiger partial charge in [0, 0.05) is 5.56 Å². The second-order valence-corrected chi connectivity index (χ2v) is 6.26. The van der Waals surface area contributed by atoms with Crippen LogP contribution in [-0.2, 0) is 6.61 Å². The van der Waals surface area contributed by atoms with Gasteiger partial charge in [-0.2, -0.15) is 0 Å². The van der Waals surface area contributed by atoms with Gasteiger partial charge < -0.3 is 4.74 Å². The summed E-state index contributed by atoms with van der Waals surface area (Å²) in [5, 5.41) is 2.40. The van der Waals surface area contributed by atoms with Crippen molar-refractivity contribution in [3.05, 3.63) is 114 Å². The molecule has 0 aliphatic heterocycles. The van der Waals surface area contributed by atoms with Gasteiger partial charge >= 0.3 is 0 Å². The Balaban J connectivity index is 1.68. The molecule has 0 amide bonds. The molecule has 0 radical (unpaired) electrons. The van der Waals surface area contributed by atoms with Gasteiger partial charge in [-0.3, -0.25) is 0 Å². The summed E-state index contributed by atoms with van der Waals surface area (Å²) in [5.41, 5.74) is 3.43. The molecule has 0 spiro atoms. The third-order valence-corrected chi connectivity index (χ3v) is 4.37. The van der Waals surface area contributed by atoms with Gasteiger partial charge in [0.25, 0.3) is 0 Å². The van der Waals surface area contributed by atoms with E-state index in [1.807, 2.05) is 36.4 Å². The van der Waals surface area contributed by atoms with Gasteiger partial charge in [0.1, 0.15) is 12.4 Å². The fourth-order valence-corrected chi connectivity index (χ4v) is 2.98. The molecule has 0 bridgehead atoms. The first kappa shape index (κ1) is 16.2. The van der Waals surface area contributed by atoms with E-state index in [1.54, 1.807) is 0 Å². The van der Waals surface area contributed by atoms with Crippen LogP contribution in [0.4, 0.5) is 0 Å². The minimum absolute atomic E-state index is 0.561. The van der Waals surface area contributed by atoms with Crippen molar-refractivity contribution in [2.45, 2.75) is 6.61 Å². The molecule has 0 aliphatic carbocycles. The first-order chi connectivity index (χ1) is 12.9. The third kappa shape index (κ3) is 3.84. The lowest BCUT2D eigenvalue weighted by molar-refractivity contribution is 0.306. The van der Waals surface area contributed by atoms with Gasteiger partial charge in [-0.15, -0.1) is 0 Å². The maximum absolute atomic E-state index is 6.17. The minimum Gasteiger partial charge on any atom is -0.488 e. The van der Waals surface area contributed by atoms with Crippen molar-refractivity contribution in [2.24, 2.45) is 0 Å². The Hall–Kier alpha value is -3.32. The normalized spacial score (nSPS) is 11.1. The quantitative estimate of drug-likeness (QED) is 0.374. The molecule has 0 unspecified atom stereocenters. The molecule has 1 nitrogen and oxygen atoms in total. The van der Waals surface area contributed by atoms with E-state index in [9.17, 15) is 0 Å². The fourth-order valence-electron chi connectivity index (χ4n) is 2.98. The molecule has 4 aromatic carbocycles. The minimum atomic E-state index is 0.561. The summed E-state index contributed by atoms with van der Waals surface area (Å²) in [5.74, 6) is 0.903. The van der Waals surface area contributed by atoms with Crippen molar-refractivity contribution in [3.63, 3.8) is 0 Å². The molecule has 0 saturated carbocycles. The van der Waals surface area contributed by atoms with Crippen molar-refractivity contribution in [3.8, 4) is 5.75 Å². The van der Waals surface area contributed by atoms with Crippen LogP contribution in [0.15, 0.2) is 97.1 Å². The van der Waals surface area contributed by atoms with Crippen molar-refractivity contribution >= 4 is 22.9 Å². The van der Waals surface area contributed by atoms with Crippen LogP contribution in [0, 0.1) is 0 Å². The van der Waals surface area contributed by atoms with Gasteiger partial charge in [0.15, 0.2) is 0 Å². The Kier molecular flexibility index (Phi) is 4.79. The Labute approximate surface area is 154 Å². The van der Waals surface area contributed by atoms with Crippen LogP contribution in [-0.4, -0.2) is 0 Å². The molecule has 126 valence electrons. The van der Waals surface area contributed by atoms with Crippen LogP contribution in [0.25, 0.3) is 22.9 Å². The SMILES string of the molecule is C(=Cc1cc2ccccc2cc1OCc1ccccc1)c1ccccc1. The fraction of sp³-hybridized carbons (Fsp3) is 0.0400. The molecule has 0 fully saturated rings. The Morgan fingerprint density at radius 2 is 1.23 bits per heavy atom. The number of ether oxygens (including phenoxy) is 1. The maximum Gasteiger partial charge on any atom is 0.127 e. The van der Waals surface area contributed by atoms with E-state index in [0.29, 0.717) is 6.61 Å². The monoisotopic (exact) mass is 336 g/mol. The van der Waals surface area contributed by atoms with Crippen LogP contribution in [0.3, 0.4) is 0 Å². The van der Waals surface area contributed by atoms with E-state index in [0.717, 1.165) is 11.3 Å². The summed E-state index contributed by atoms with van der Waals surface area (Å²) in [6, 6.07) is 33.3. The molecule has 0 aliphatic rings. The number of hydrogen-bond acceptors (Lipinski definition) is 1. The summed E-state index contributed by atoms with van der Waals surface area (Å²) in [6.45, 7) is 0.561. The average Bonchev–Trinajstić information content (AvgIpc) is 2.72. The summed E-state index contributed by atoms with van der Waals surface area (Å²) in [7, 11) is 0. The predicted molar refractivity (Wildman–Crippen MR) is 110 cm³/mol. The zero-order valence-corrected chi connectivity index (χ0v) is 14.5. The van der Waals surface area contributed by atoms with Crippen molar-refractivity contribution in [1.29, 1.82) is 0 Å². The van der Waals surface area contributed by atoms with Crippen LogP contribution in [0.2, 0.25) is 0 Å². The summed E-state index contributed by atoms with van der Waals surface area (Å²) < 4.78 is 6.17. The molecule has 0 atom stereocenters. The number of fused-ring (bicyclic) bond motifs is 1. The molecular formula is C25H20O. The van der Waals surface area contributed by atoms with Gasteiger partial charge in [-0.25, -0.2) is 0 Å². The van der Waals surface area contributed by atoms with Gasteiger partial charge in [-0.1, -0.05) is 97.1 Å². The van der Waals surface area contributed by atoms with E-state index in [1.165, 1.54) is 21.9 Å². The van der Waals surface area contributed by atoms with Gasteiger partial charge in [-0.05, 0) is 34.0 Å². The summed E-state index contributed by atoms with van der Waals surface area (Å²) >= 11 is 0. The van der Waals surface area contributed by atoms with E-state index in [2.05, 4.69) is 72.8 Å². The summed E-state index contributed by atoms with van der Waals surface area (Å²) in [6.07, 6.45) is 4.25. The largest absolute Gasteiger partial charge is 0.488 e. The molecule has 26 heavy (non-hydrogen) atoms. The number of rotatable bonds is 5. The topological polar surface area (TPSA) is 9.23 Å². The molecule has 0 N–H and O–H groups in total. The van der Waals surface area contributed by atoms with Gasteiger partial charge in [0.2, 0.25) is 0 Å². The molecule has 4 aromatic rings. The van der Waals surface area contributed by atoms with Crippen molar-refractivity contribution < 1.29 is 4.74 Å². The lowest BCUT2D eigenvalue weighted by atomic mass is 10.0. The molecule has 4 rings (SSSR count). The second kappa shape index (κ2) is 7.71. The Bertz CT molecular complexity index is 1020. The highest BCUT2D eigenvalue weighted by molar-refractivity contribution is 5.88. The van der Waals surface area contributed by atoms with Crippen LogP contribution < -0.4 is 4.74 Å². The molecular weight excluding hydrogens is 316 g/mol. The predicted octanol–water partition coefficient (Wildman–Crippen LogP) is 6.59. The van der Waals surface area contributed by atoms with Gasteiger partial charge in [0.05, 0.1) is 0 Å². The van der Waals surface area contributed by atoms with Crippen molar-refractivity contribution in [2.75, 3.05) is 0 Å². The highest BCUT2D eigenvalue weighted by Gasteiger charge is 2.05. The van der Waals surface area contributed by atoms with E-state index >= 15 is 0 Å². The molecule has 1 heteroatoms. The van der Waals surface area contributed by atoms with Crippen LogP contribution in [0.5, 0.6) is 5.75 Å². The Morgan fingerprint density at radius 3 is 1.96 bits per heavy atom. The first-order valence-corrected chi connectivity index (χ1v) is 8.81. The molecule has 0 aromatic heterocycles. The van der Waals surface area contributed by atoms with E-state index in [4.69, 9.17) is 4.74 Å². The van der Waals surface area contributed by atoms with Crippen LogP contribution in [0.1, 0.15) is 16.7 Å². The Morgan fingerprint density at radius 1 is 0.615 bits per heavy atom. The van der Waals surface area contributed by atoms with E-state index < -0.39 is 0 Å². The standard InChI is InChI=1S/C25H20O/c1-3-9-20(10-4-1)15-16-24-17-22-13-7-8-14-23(22)18-25(24)26-19-21-11-5-2-6-12-21/h1-18H,19H2. The number of benzene rings is 4. The zero-order valence-electron chi connectivity index (χ0n) is 14.5. The second-order valence-electron chi connectivity index (χ2n) is 6.26. The smallest absolute Gasteiger partial charge is 0.127 e. The summed E-state index contributed by atoms with van der Waals surface area (Å²) in [4.78, 5) is 0. The average molecular weight is 336 g/mol.